The van der Waals surface area contributed by atoms with E-state index in [1.807, 2.05) is 12.1 Å². The van der Waals surface area contributed by atoms with E-state index < -0.39 is 0 Å². The third-order valence-electron chi connectivity index (χ3n) is 6.12. The lowest BCUT2D eigenvalue weighted by atomic mass is 9.74. The average Bonchev–Trinajstić information content (AvgIpc) is 2.72. The number of halogens is 2. The molecule has 154 valence electrons. The molecule has 2 heterocycles. The highest BCUT2D eigenvalue weighted by molar-refractivity contribution is 6.30. The molecule has 4 rings (SSSR count). The number of aromatic nitrogens is 1. The van der Waals surface area contributed by atoms with Gasteiger partial charge in [0, 0.05) is 35.9 Å². The summed E-state index contributed by atoms with van der Waals surface area (Å²) in [6, 6.07) is 6.60. The van der Waals surface area contributed by atoms with E-state index in [0.717, 1.165) is 17.8 Å². The highest BCUT2D eigenvalue weighted by atomic mass is 35.5. The highest BCUT2D eigenvalue weighted by Gasteiger charge is 2.33. The average molecular weight is 417 g/mol. The summed E-state index contributed by atoms with van der Waals surface area (Å²) < 4.78 is 19.1. The summed E-state index contributed by atoms with van der Waals surface area (Å²) in [7, 11) is 0. The smallest absolute Gasteiger partial charge is 0.356 e. The number of nitrogens with zero attached hydrogens (tertiary/aromatic N) is 2. The zero-order chi connectivity index (χ0) is 20.4. The van der Waals surface area contributed by atoms with Crippen LogP contribution in [-0.4, -0.2) is 24.1 Å². The topological polar surface area (TPSA) is 42.4 Å². The van der Waals surface area contributed by atoms with Gasteiger partial charge in [-0.25, -0.2) is 14.2 Å². The monoisotopic (exact) mass is 416 g/mol. The normalized spacial score (nSPS) is 19.7. The van der Waals surface area contributed by atoms with Crippen LogP contribution in [0.1, 0.15) is 66.6 Å². The van der Waals surface area contributed by atoms with Crippen LogP contribution in [0.3, 0.4) is 0 Å². The molecule has 1 aromatic heterocycles. The van der Waals surface area contributed by atoms with Crippen LogP contribution in [0.5, 0.6) is 0 Å². The molecule has 29 heavy (non-hydrogen) atoms. The van der Waals surface area contributed by atoms with Gasteiger partial charge in [0.25, 0.3) is 0 Å². The van der Waals surface area contributed by atoms with Gasteiger partial charge >= 0.3 is 5.97 Å². The second-order valence-corrected chi connectivity index (χ2v) is 8.44. The van der Waals surface area contributed by atoms with Crippen molar-refractivity contribution in [2.45, 2.75) is 51.5 Å². The molecule has 1 unspecified atom stereocenters. The number of hydrogen-bond acceptors (Lipinski definition) is 4. The quantitative estimate of drug-likeness (QED) is 0.596. The summed E-state index contributed by atoms with van der Waals surface area (Å²) in [6.07, 6.45) is 7.89. The highest BCUT2D eigenvalue weighted by Crippen LogP contribution is 2.42. The van der Waals surface area contributed by atoms with Gasteiger partial charge in [-0.2, -0.15) is 0 Å². The Morgan fingerprint density at radius 2 is 2.03 bits per heavy atom. The first-order chi connectivity index (χ1) is 14.0. The Labute approximate surface area is 176 Å². The molecular weight excluding hydrogens is 391 g/mol. The van der Waals surface area contributed by atoms with Crippen LogP contribution in [0.4, 0.5) is 10.1 Å². The Bertz CT molecular complexity index is 878. The van der Waals surface area contributed by atoms with Crippen LogP contribution < -0.4 is 4.90 Å². The van der Waals surface area contributed by atoms with Gasteiger partial charge in [-0.05, 0) is 61.1 Å². The van der Waals surface area contributed by atoms with Gasteiger partial charge in [0.05, 0.1) is 6.61 Å². The summed E-state index contributed by atoms with van der Waals surface area (Å²) in [5.41, 5.74) is 3.43. The molecule has 2 aliphatic rings. The van der Waals surface area contributed by atoms with Crippen molar-refractivity contribution in [3.8, 4) is 0 Å². The minimum Gasteiger partial charge on any atom is -0.461 e. The van der Waals surface area contributed by atoms with Crippen molar-refractivity contribution in [1.82, 2.24) is 4.98 Å². The van der Waals surface area contributed by atoms with E-state index in [1.54, 1.807) is 13.1 Å². The fourth-order valence-corrected chi connectivity index (χ4v) is 4.97. The maximum Gasteiger partial charge on any atom is 0.356 e. The second kappa shape index (κ2) is 8.70. The van der Waals surface area contributed by atoms with E-state index in [9.17, 15) is 9.18 Å². The largest absolute Gasteiger partial charge is 0.461 e. The Balaban J connectivity index is 1.71. The maximum atomic E-state index is 14.0. The number of anilines is 1. The summed E-state index contributed by atoms with van der Waals surface area (Å²) >= 11 is 6.11. The standard InChI is InChI=1S/C23H26ClFN2O2/c1-2-29-23(28)22-11-20-16(12-26-22)13-27(19-9-17(24)8-18(25)10-19)14-21(20)15-6-4-3-5-7-15/h8-12,15,21H,2-7,13-14H2,1H3. The molecule has 0 N–H and O–H groups in total. The van der Waals surface area contributed by atoms with Crippen LogP contribution in [0.25, 0.3) is 0 Å². The van der Waals surface area contributed by atoms with E-state index in [0.29, 0.717) is 29.8 Å². The molecule has 1 saturated carbocycles. The second-order valence-electron chi connectivity index (χ2n) is 8.00. The fourth-order valence-electron chi connectivity index (χ4n) is 4.76. The maximum absolute atomic E-state index is 14.0. The molecule has 0 saturated heterocycles. The van der Waals surface area contributed by atoms with E-state index >= 15 is 0 Å². The van der Waals surface area contributed by atoms with Gasteiger partial charge in [0.1, 0.15) is 11.5 Å². The lowest BCUT2D eigenvalue weighted by Gasteiger charge is -2.41. The first kappa shape index (κ1) is 20.1. The zero-order valence-corrected chi connectivity index (χ0v) is 17.4. The summed E-state index contributed by atoms with van der Waals surface area (Å²) in [6.45, 7) is 3.53. The van der Waals surface area contributed by atoms with Gasteiger partial charge in [0.15, 0.2) is 0 Å². The summed E-state index contributed by atoms with van der Waals surface area (Å²) in [5, 5.41) is 0.399. The number of carbonyl (C=O) groups excluding carboxylic acids is 1. The molecule has 1 aliphatic carbocycles. The molecule has 1 atom stereocenters. The van der Waals surface area contributed by atoms with E-state index in [4.69, 9.17) is 16.3 Å². The van der Waals surface area contributed by atoms with E-state index in [2.05, 4.69) is 9.88 Å². The fraction of sp³-hybridized carbons (Fsp3) is 0.478. The van der Waals surface area contributed by atoms with Crippen LogP contribution in [0, 0.1) is 11.7 Å². The molecule has 4 nitrogen and oxygen atoms in total. The van der Waals surface area contributed by atoms with Crippen LogP contribution in [0.15, 0.2) is 30.5 Å². The number of ether oxygens (including phenoxy) is 1. The summed E-state index contributed by atoms with van der Waals surface area (Å²) in [4.78, 5) is 18.8. The van der Waals surface area contributed by atoms with Gasteiger partial charge < -0.3 is 9.64 Å². The molecule has 0 radical (unpaired) electrons. The first-order valence-electron chi connectivity index (χ1n) is 10.4. The van der Waals surface area contributed by atoms with E-state index in [1.165, 1.54) is 49.8 Å². The molecule has 0 amide bonds. The third-order valence-corrected chi connectivity index (χ3v) is 6.33. The number of benzene rings is 1. The molecule has 2 aromatic rings. The number of pyridine rings is 1. The van der Waals surface area contributed by atoms with Crippen molar-refractivity contribution in [2.24, 2.45) is 5.92 Å². The van der Waals surface area contributed by atoms with Crippen LogP contribution in [-0.2, 0) is 11.3 Å². The lowest BCUT2D eigenvalue weighted by molar-refractivity contribution is 0.0519. The zero-order valence-electron chi connectivity index (χ0n) is 16.7. The molecule has 1 aliphatic heterocycles. The van der Waals surface area contributed by atoms with Crippen molar-refractivity contribution in [3.63, 3.8) is 0 Å². The third kappa shape index (κ3) is 4.40. The number of rotatable bonds is 4. The van der Waals surface area contributed by atoms with Gasteiger partial charge in [0.2, 0.25) is 0 Å². The summed E-state index contributed by atoms with van der Waals surface area (Å²) in [5.74, 6) is 0.115. The number of esters is 1. The first-order valence-corrected chi connectivity index (χ1v) is 10.8. The van der Waals surface area contributed by atoms with Crippen molar-refractivity contribution < 1.29 is 13.9 Å². The molecule has 0 bridgehead atoms. The predicted molar refractivity (Wildman–Crippen MR) is 112 cm³/mol. The Morgan fingerprint density at radius 1 is 1.24 bits per heavy atom. The van der Waals surface area contributed by atoms with Gasteiger partial charge in [-0.1, -0.05) is 30.9 Å². The Hall–Kier alpha value is -2.14. The van der Waals surface area contributed by atoms with Crippen LogP contribution >= 0.6 is 11.6 Å². The van der Waals surface area contributed by atoms with E-state index in [-0.39, 0.29) is 17.7 Å². The van der Waals surface area contributed by atoms with Gasteiger partial charge in [-0.3, -0.25) is 0 Å². The van der Waals surface area contributed by atoms with Gasteiger partial charge in [-0.15, -0.1) is 0 Å². The molecule has 1 fully saturated rings. The number of fused-ring (bicyclic) bond motifs is 1. The minimum atomic E-state index is -0.378. The Morgan fingerprint density at radius 3 is 2.76 bits per heavy atom. The Kier molecular flexibility index (Phi) is 6.04. The van der Waals surface area contributed by atoms with Crippen molar-refractivity contribution >= 4 is 23.3 Å². The SMILES string of the molecule is CCOC(=O)c1cc2c(cn1)CN(c1cc(F)cc(Cl)c1)CC2C1CCCCC1. The predicted octanol–water partition coefficient (Wildman–Crippen LogP) is 5.73. The van der Waals surface area contributed by atoms with Crippen molar-refractivity contribution in [3.05, 3.63) is 58.1 Å². The lowest BCUT2D eigenvalue weighted by Crippen LogP contribution is -2.37. The van der Waals surface area contributed by atoms with Crippen molar-refractivity contribution in [1.29, 1.82) is 0 Å². The number of hydrogen-bond donors (Lipinski definition) is 0. The van der Waals surface area contributed by atoms with Crippen LogP contribution in [0.2, 0.25) is 5.02 Å². The number of carbonyl (C=O) groups is 1. The minimum absolute atomic E-state index is 0.275. The molecule has 1 aromatic carbocycles. The van der Waals surface area contributed by atoms with Crippen molar-refractivity contribution in [2.75, 3.05) is 18.1 Å². The molecule has 0 spiro atoms. The molecule has 6 heteroatoms. The molecular formula is C23H26ClFN2O2.